The molecule has 0 unspecified atom stereocenters. The van der Waals surface area contributed by atoms with Gasteiger partial charge in [-0.05, 0) is 35.7 Å². The van der Waals surface area contributed by atoms with E-state index in [4.69, 9.17) is 32.0 Å². The molecule has 0 saturated carbocycles. The van der Waals surface area contributed by atoms with Crippen LogP contribution in [0.5, 0.6) is 11.5 Å². The van der Waals surface area contributed by atoms with Gasteiger partial charge in [0.2, 0.25) is 0 Å². The predicted octanol–water partition coefficient (Wildman–Crippen LogP) is 0.871. The van der Waals surface area contributed by atoms with E-state index < -0.39 is 15.9 Å². The molecule has 0 radical (unpaired) electrons. The van der Waals surface area contributed by atoms with Crippen LogP contribution in [0.15, 0.2) is 57.7 Å². The van der Waals surface area contributed by atoms with Gasteiger partial charge < -0.3 is 30.1 Å². The van der Waals surface area contributed by atoms with E-state index in [0.29, 0.717) is 16.7 Å². The quantitative estimate of drug-likeness (QED) is 0.178. The number of methoxy groups -OCH3 is 2. The molecule has 0 fully saturated rings. The molecule has 2 aromatic carbocycles. The minimum absolute atomic E-state index is 0.0247. The maximum Gasteiger partial charge on any atom is 0.295 e. The number of anilines is 1. The predicted molar refractivity (Wildman–Crippen MR) is 128 cm³/mol. The molecule has 3 rings (SSSR count). The number of hydrogen-bond donors (Lipinski definition) is 4. The maximum absolute atomic E-state index is 13.0. The minimum atomic E-state index is -4.04. The van der Waals surface area contributed by atoms with Crippen LogP contribution in [0.25, 0.3) is 11.0 Å². The SMILES string of the molecule is C#CC(=O)NC/C(N)=C/N(N)Cc1cc(OC)c2c(NS(=O)(=O)c3ccccc3OC)noc2c1. The first-order chi connectivity index (χ1) is 16.7. The molecule has 0 aliphatic carbocycles. The van der Waals surface area contributed by atoms with Crippen molar-refractivity contribution in [2.45, 2.75) is 11.4 Å². The number of hydrazine groups is 1. The van der Waals surface area contributed by atoms with Crippen molar-refractivity contribution < 1.29 is 27.2 Å². The largest absolute Gasteiger partial charge is 0.496 e. The number of hydrogen-bond acceptors (Lipinski definition) is 10. The van der Waals surface area contributed by atoms with Gasteiger partial charge in [-0.3, -0.25) is 9.52 Å². The highest BCUT2D eigenvalue weighted by molar-refractivity contribution is 7.92. The van der Waals surface area contributed by atoms with Crippen molar-refractivity contribution in [1.82, 2.24) is 15.5 Å². The number of carbonyl (C=O) groups is 1. The Balaban J connectivity index is 1.85. The van der Waals surface area contributed by atoms with E-state index in [-0.39, 0.29) is 40.8 Å². The lowest BCUT2D eigenvalue weighted by Crippen LogP contribution is -2.30. The zero-order chi connectivity index (χ0) is 25.6. The highest BCUT2D eigenvalue weighted by Crippen LogP contribution is 2.35. The third-order valence-electron chi connectivity index (χ3n) is 4.69. The molecule has 3 aromatic rings. The smallest absolute Gasteiger partial charge is 0.295 e. The lowest BCUT2D eigenvalue weighted by Gasteiger charge is -2.16. The third-order valence-corrected chi connectivity index (χ3v) is 6.07. The number of nitrogens with zero attached hydrogens (tertiary/aromatic N) is 2. The summed E-state index contributed by atoms with van der Waals surface area (Å²) in [5, 5.41) is 7.91. The van der Waals surface area contributed by atoms with Gasteiger partial charge in [-0.1, -0.05) is 17.3 Å². The molecule has 1 heterocycles. The second-order valence-corrected chi connectivity index (χ2v) is 8.81. The van der Waals surface area contributed by atoms with Crippen LogP contribution in [0.3, 0.4) is 0 Å². The van der Waals surface area contributed by atoms with Crippen LogP contribution in [0.4, 0.5) is 5.82 Å². The van der Waals surface area contributed by atoms with Gasteiger partial charge in [-0.2, -0.15) is 0 Å². The summed E-state index contributed by atoms with van der Waals surface area (Å²) >= 11 is 0. The number of nitrogens with one attached hydrogen (secondary N) is 2. The molecule has 13 heteroatoms. The first kappa shape index (κ1) is 25.2. The van der Waals surface area contributed by atoms with Crippen molar-refractivity contribution >= 4 is 32.7 Å². The number of rotatable bonds is 10. The van der Waals surface area contributed by atoms with Crippen LogP contribution in [-0.2, 0) is 21.4 Å². The molecular formula is C22H24N6O6S. The van der Waals surface area contributed by atoms with Crippen molar-refractivity contribution in [3.8, 4) is 23.8 Å². The third kappa shape index (κ3) is 5.94. The van der Waals surface area contributed by atoms with Crippen molar-refractivity contribution in [3.05, 3.63) is 53.9 Å². The van der Waals surface area contributed by atoms with Crippen molar-refractivity contribution in [2.75, 3.05) is 25.5 Å². The summed E-state index contributed by atoms with van der Waals surface area (Å²) in [6.07, 6.45) is 6.42. The second kappa shape index (κ2) is 10.7. The van der Waals surface area contributed by atoms with E-state index in [1.165, 1.54) is 37.6 Å². The van der Waals surface area contributed by atoms with E-state index in [1.54, 1.807) is 24.3 Å². The number of benzene rings is 2. The summed E-state index contributed by atoms with van der Waals surface area (Å²) in [4.78, 5) is 11.1. The molecule has 0 atom stereocenters. The van der Waals surface area contributed by atoms with Gasteiger partial charge in [0.25, 0.3) is 15.9 Å². The molecule has 0 saturated heterocycles. The van der Waals surface area contributed by atoms with Crippen LogP contribution in [0.1, 0.15) is 5.56 Å². The zero-order valence-electron chi connectivity index (χ0n) is 18.9. The number of fused-ring (bicyclic) bond motifs is 1. The Kier molecular flexibility index (Phi) is 7.69. The Bertz CT molecular complexity index is 1410. The lowest BCUT2D eigenvalue weighted by atomic mass is 10.1. The molecule has 0 bridgehead atoms. The van der Waals surface area contributed by atoms with Crippen molar-refractivity contribution in [3.63, 3.8) is 0 Å². The monoisotopic (exact) mass is 500 g/mol. The van der Waals surface area contributed by atoms with Crippen molar-refractivity contribution in [2.24, 2.45) is 11.6 Å². The molecule has 0 aliphatic rings. The molecule has 35 heavy (non-hydrogen) atoms. The second-order valence-electron chi connectivity index (χ2n) is 7.16. The van der Waals surface area contributed by atoms with E-state index >= 15 is 0 Å². The summed E-state index contributed by atoms with van der Waals surface area (Å²) in [6, 6.07) is 9.47. The maximum atomic E-state index is 13.0. The summed E-state index contributed by atoms with van der Waals surface area (Å²) in [5.74, 6) is 7.75. The van der Waals surface area contributed by atoms with E-state index in [2.05, 4.69) is 15.2 Å². The first-order valence-corrected chi connectivity index (χ1v) is 11.5. The van der Waals surface area contributed by atoms with Gasteiger partial charge >= 0.3 is 0 Å². The van der Waals surface area contributed by atoms with Crippen molar-refractivity contribution in [1.29, 1.82) is 0 Å². The Morgan fingerprint density at radius 3 is 2.66 bits per heavy atom. The van der Waals surface area contributed by atoms with Gasteiger partial charge in [-0.15, -0.1) is 6.42 Å². The minimum Gasteiger partial charge on any atom is -0.496 e. The number of ether oxygens (including phenoxy) is 2. The highest BCUT2D eigenvalue weighted by atomic mass is 32.2. The fraction of sp³-hybridized carbons (Fsp3) is 0.182. The van der Waals surface area contributed by atoms with Gasteiger partial charge in [0.05, 0.1) is 27.3 Å². The Hall–Kier alpha value is -4.41. The number of terminal acetylenes is 1. The summed E-state index contributed by atoms with van der Waals surface area (Å²) in [5.41, 5.74) is 7.04. The molecule has 1 aromatic heterocycles. The standard InChI is InChI=1S/C22H24N6O6S/c1-4-20(29)25-11-15(23)13-28(24)12-14-9-17(33-3)21-18(10-14)34-26-22(21)27-35(30,31)19-8-6-5-7-16(19)32-2/h1,5-10,13H,11-12,23-24H2,2-3H3,(H,25,29)(H,26,27)/b15-13-. The molecule has 6 N–H and O–H groups in total. The van der Waals surface area contributed by atoms with Crippen LogP contribution >= 0.6 is 0 Å². The van der Waals surface area contributed by atoms with Crippen LogP contribution in [-0.4, -0.2) is 45.3 Å². The summed E-state index contributed by atoms with van der Waals surface area (Å²) < 4.78 is 44.3. The molecule has 12 nitrogen and oxygen atoms in total. The van der Waals surface area contributed by atoms with Crippen LogP contribution in [0.2, 0.25) is 0 Å². The number of carbonyl (C=O) groups excluding carboxylic acids is 1. The summed E-state index contributed by atoms with van der Waals surface area (Å²) in [6.45, 7) is 0.204. The lowest BCUT2D eigenvalue weighted by molar-refractivity contribution is -0.115. The van der Waals surface area contributed by atoms with Gasteiger partial charge in [-0.25, -0.2) is 14.3 Å². The molecule has 0 spiro atoms. The molecule has 0 aliphatic heterocycles. The molecule has 184 valence electrons. The topological polar surface area (TPSA) is 175 Å². The number of sulfonamides is 1. The van der Waals surface area contributed by atoms with Gasteiger partial charge in [0, 0.05) is 11.9 Å². The normalized spacial score (nSPS) is 11.5. The number of amides is 1. The number of aromatic nitrogens is 1. The number of para-hydroxylation sites is 1. The Labute approximate surface area is 201 Å². The molecular weight excluding hydrogens is 476 g/mol. The first-order valence-electron chi connectivity index (χ1n) is 10.0. The van der Waals surface area contributed by atoms with Crippen LogP contribution in [0, 0.1) is 12.3 Å². The fourth-order valence-electron chi connectivity index (χ4n) is 3.18. The summed E-state index contributed by atoms with van der Waals surface area (Å²) in [7, 11) is -1.24. The van der Waals surface area contributed by atoms with E-state index in [0.717, 1.165) is 0 Å². The van der Waals surface area contributed by atoms with Crippen LogP contribution < -0.4 is 31.1 Å². The van der Waals surface area contributed by atoms with Gasteiger partial charge in [0.15, 0.2) is 11.4 Å². The Morgan fingerprint density at radius 2 is 1.97 bits per heavy atom. The Morgan fingerprint density at radius 1 is 1.26 bits per heavy atom. The fourth-order valence-corrected chi connectivity index (χ4v) is 4.36. The van der Waals surface area contributed by atoms with E-state index in [9.17, 15) is 13.2 Å². The molecule has 1 amide bonds. The average Bonchev–Trinajstić information content (AvgIpc) is 3.23. The highest BCUT2D eigenvalue weighted by Gasteiger charge is 2.24. The van der Waals surface area contributed by atoms with Gasteiger partial charge in [0.1, 0.15) is 21.8 Å². The number of nitrogens with two attached hydrogens (primary N) is 2. The average molecular weight is 501 g/mol. The van der Waals surface area contributed by atoms with E-state index in [1.807, 2.05) is 5.92 Å². The zero-order valence-corrected chi connectivity index (χ0v) is 19.8.